The summed E-state index contributed by atoms with van der Waals surface area (Å²) in [6, 6.07) is 0. The van der Waals surface area contributed by atoms with Gasteiger partial charge in [0.15, 0.2) is 0 Å². The van der Waals surface area contributed by atoms with Crippen LogP contribution in [0.15, 0.2) is 0 Å². The van der Waals surface area contributed by atoms with E-state index in [-0.39, 0.29) is 0 Å². The van der Waals surface area contributed by atoms with Gasteiger partial charge in [-0.05, 0) is 51.4 Å². The summed E-state index contributed by atoms with van der Waals surface area (Å²) in [5.41, 5.74) is 0. The number of quaternary nitrogens is 2. The van der Waals surface area contributed by atoms with Crippen molar-refractivity contribution in [2.24, 2.45) is 0 Å². The Labute approximate surface area is 267 Å². The van der Waals surface area contributed by atoms with Gasteiger partial charge < -0.3 is 8.97 Å². The van der Waals surface area contributed by atoms with E-state index in [4.69, 9.17) is 37.7 Å². The molecule has 0 aromatic rings. The van der Waals surface area contributed by atoms with Gasteiger partial charge >= 0.3 is 49.6 Å². The molecule has 248 valence electrons. The second-order valence-electron chi connectivity index (χ2n) is 11.6. The van der Waals surface area contributed by atoms with E-state index in [9.17, 15) is 0 Å². The standard InChI is InChI=1S/2C16H36N.4ClH.Pt/c2*1-5-9-13-17(14-10-6-2,15-11-7-3)16-12-8-4;;;;;/h2*5-16H2,1-4H3;4*1H;/q2*+1;;;;;+2/p-4. The predicted molar refractivity (Wildman–Crippen MR) is 182 cm³/mol. The second-order valence-corrected chi connectivity index (χ2v) is 31.3. The van der Waals surface area contributed by atoms with Crippen molar-refractivity contribution in [2.45, 2.75) is 158 Å². The van der Waals surface area contributed by atoms with Crippen molar-refractivity contribution in [3.63, 3.8) is 0 Å². The average Bonchev–Trinajstić information content (AvgIpc) is 2.91. The Kier molecular flexibility index (Phi) is 36.2. The van der Waals surface area contributed by atoms with Crippen LogP contribution in [0.1, 0.15) is 158 Å². The molecule has 0 atom stereocenters. The van der Waals surface area contributed by atoms with Crippen molar-refractivity contribution in [3.8, 4) is 0 Å². The van der Waals surface area contributed by atoms with E-state index in [1.807, 2.05) is 0 Å². The topological polar surface area (TPSA) is 0 Å². The first-order valence-corrected chi connectivity index (χ1v) is 27.9. The molecule has 0 aliphatic heterocycles. The summed E-state index contributed by atoms with van der Waals surface area (Å²) in [7, 11) is 20.0. The Morgan fingerprint density at radius 2 is 0.410 bits per heavy atom. The maximum absolute atomic E-state index is 5.01. The summed E-state index contributed by atoms with van der Waals surface area (Å²) >= 11 is -3.06. The molecule has 0 fully saturated rings. The van der Waals surface area contributed by atoms with Gasteiger partial charge in [0.05, 0.1) is 52.4 Å². The molecule has 0 radical (unpaired) electrons. The van der Waals surface area contributed by atoms with Crippen LogP contribution >= 0.6 is 37.7 Å². The molecule has 0 rings (SSSR count). The first-order valence-electron chi connectivity index (χ1n) is 16.7. The number of hydrogen-bond donors (Lipinski definition) is 0. The molecule has 0 unspecified atom stereocenters. The van der Waals surface area contributed by atoms with Crippen molar-refractivity contribution in [3.05, 3.63) is 0 Å². The molecule has 7 heteroatoms. The van der Waals surface area contributed by atoms with Crippen molar-refractivity contribution < 1.29 is 20.9 Å². The number of rotatable bonds is 24. The van der Waals surface area contributed by atoms with Crippen LogP contribution in [0.2, 0.25) is 0 Å². The first-order chi connectivity index (χ1) is 18.5. The zero-order valence-corrected chi connectivity index (χ0v) is 33.0. The molecule has 0 aromatic heterocycles. The van der Waals surface area contributed by atoms with Crippen LogP contribution in [0.5, 0.6) is 0 Å². The minimum absolute atomic E-state index is 1.35. The molecule has 0 heterocycles. The summed E-state index contributed by atoms with van der Waals surface area (Å²) in [5.74, 6) is 0. The Balaban J connectivity index is -0.000000566. The Morgan fingerprint density at radius 3 is 0.487 bits per heavy atom. The van der Waals surface area contributed by atoms with Gasteiger partial charge in [-0.1, -0.05) is 107 Å². The zero-order chi connectivity index (χ0) is 30.5. The fraction of sp³-hybridized carbons (Fsp3) is 1.00. The second kappa shape index (κ2) is 31.2. The number of halogens is 4. The molecule has 0 N–H and O–H groups in total. The number of hydrogen-bond acceptors (Lipinski definition) is 0. The molecule has 0 amide bonds. The van der Waals surface area contributed by atoms with Gasteiger partial charge in [-0.2, -0.15) is 0 Å². The van der Waals surface area contributed by atoms with Crippen molar-refractivity contribution in [1.82, 2.24) is 0 Å². The fourth-order valence-corrected chi connectivity index (χ4v) is 5.29. The third-order valence-corrected chi connectivity index (χ3v) is 7.89. The van der Waals surface area contributed by atoms with Gasteiger partial charge in [-0.25, -0.2) is 0 Å². The molecule has 39 heavy (non-hydrogen) atoms. The average molecular weight is 822 g/mol. The predicted octanol–water partition coefficient (Wildman–Crippen LogP) is 12.8. The molecule has 2 nitrogen and oxygen atoms in total. The van der Waals surface area contributed by atoms with E-state index in [0.717, 1.165) is 0 Å². The summed E-state index contributed by atoms with van der Waals surface area (Å²) in [6.07, 6.45) is 22.1. The van der Waals surface area contributed by atoms with Crippen LogP contribution in [0.25, 0.3) is 0 Å². The molecule has 0 bridgehead atoms. The number of nitrogens with zero attached hydrogens (tertiary/aromatic N) is 2. The SMILES string of the molecule is CCCC[N+](CCCC)(CCCC)CCCC.CCCC[N+](CCCC)(CCCC)CCCC.[Cl][Pt-2]([Cl])([Cl])[Cl]. The van der Waals surface area contributed by atoms with Crippen molar-refractivity contribution in [2.75, 3.05) is 52.4 Å². The van der Waals surface area contributed by atoms with Crippen LogP contribution in [0.3, 0.4) is 0 Å². The molecule has 0 saturated heterocycles. The molecule has 0 aliphatic rings. The summed E-state index contributed by atoms with van der Waals surface area (Å²) in [4.78, 5) is 0. The van der Waals surface area contributed by atoms with E-state index < -0.39 is 11.9 Å². The van der Waals surface area contributed by atoms with E-state index >= 15 is 0 Å². The van der Waals surface area contributed by atoms with Crippen LogP contribution in [-0.2, 0) is 11.9 Å². The van der Waals surface area contributed by atoms with Gasteiger partial charge in [0.2, 0.25) is 0 Å². The van der Waals surface area contributed by atoms with Crippen molar-refractivity contribution >= 4 is 37.7 Å². The van der Waals surface area contributed by atoms with E-state index in [0.29, 0.717) is 0 Å². The molecule has 0 aromatic carbocycles. The maximum atomic E-state index is 5.01. The van der Waals surface area contributed by atoms with Gasteiger partial charge in [-0.3, -0.25) is 0 Å². The first kappa shape index (κ1) is 45.2. The summed E-state index contributed by atoms with van der Waals surface area (Å²) < 4.78 is 2.84. The molecule has 0 saturated carbocycles. The molecule has 0 aliphatic carbocycles. The van der Waals surface area contributed by atoms with Gasteiger partial charge in [0.25, 0.3) is 0 Å². The van der Waals surface area contributed by atoms with Gasteiger partial charge in [0, 0.05) is 0 Å². The van der Waals surface area contributed by atoms with Gasteiger partial charge in [-0.15, -0.1) is 0 Å². The van der Waals surface area contributed by atoms with Crippen LogP contribution in [-0.4, -0.2) is 61.3 Å². The quantitative estimate of drug-likeness (QED) is 0.0851. The van der Waals surface area contributed by atoms with E-state index in [2.05, 4.69) is 55.4 Å². The molecular formula is C32H72Cl4N2Pt. The normalized spacial score (nSPS) is 12.4. The summed E-state index contributed by atoms with van der Waals surface area (Å²) in [5, 5.41) is 0. The van der Waals surface area contributed by atoms with E-state index in [1.165, 1.54) is 164 Å². The fourth-order valence-electron chi connectivity index (χ4n) is 5.29. The monoisotopic (exact) mass is 819 g/mol. The van der Waals surface area contributed by atoms with Gasteiger partial charge in [0.1, 0.15) is 0 Å². The third kappa shape index (κ3) is 32.5. The Bertz CT molecular complexity index is 359. The number of unbranched alkanes of at least 4 members (excludes halogenated alkanes) is 8. The Hall–Kier alpha value is 1.77. The Morgan fingerprint density at radius 1 is 0.308 bits per heavy atom. The molecular weight excluding hydrogens is 749 g/mol. The van der Waals surface area contributed by atoms with Crippen LogP contribution in [0.4, 0.5) is 0 Å². The van der Waals surface area contributed by atoms with E-state index in [1.54, 1.807) is 0 Å². The van der Waals surface area contributed by atoms with Crippen LogP contribution in [0, 0.1) is 0 Å². The van der Waals surface area contributed by atoms with Crippen molar-refractivity contribution in [1.29, 1.82) is 0 Å². The van der Waals surface area contributed by atoms with Crippen LogP contribution < -0.4 is 0 Å². The zero-order valence-electron chi connectivity index (χ0n) is 27.7. The third-order valence-electron chi connectivity index (χ3n) is 7.89. The molecule has 0 spiro atoms. The summed E-state index contributed by atoms with van der Waals surface area (Å²) in [6.45, 7) is 30.0. The minimum atomic E-state index is -3.06.